The maximum absolute atomic E-state index is 12.9. The number of carbonyl (C=O) groups excluding carboxylic acids is 2. The number of carbonyl (C=O) groups is 2. The number of nitrogens with zero attached hydrogens (tertiary/aromatic N) is 1. The van der Waals surface area contributed by atoms with Crippen molar-refractivity contribution in [3.63, 3.8) is 0 Å². The fourth-order valence-electron chi connectivity index (χ4n) is 3.25. The van der Waals surface area contributed by atoms with E-state index in [0.717, 1.165) is 17.9 Å². The molecule has 0 aromatic heterocycles. The predicted octanol–water partition coefficient (Wildman–Crippen LogP) is 4.13. The Bertz CT molecular complexity index is 891. The molecule has 1 unspecified atom stereocenters. The van der Waals surface area contributed by atoms with Crippen molar-refractivity contribution >= 4 is 23.3 Å². The maximum atomic E-state index is 12.9. The van der Waals surface area contributed by atoms with Gasteiger partial charge in [0.05, 0.1) is 42.9 Å². The zero-order chi connectivity index (χ0) is 22.2. The molecule has 2 aromatic rings. The average molecular weight is 427 g/mol. The number of amides is 1. The first-order valence-electron chi connectivity index (χ1n) is 10.7. The van der Waals surface area contributed by atoms with Crippen molar-refractivity contribution < 1.29 is 23.8 Å². The number of hydrogen-bond acceptors (Lipinski definition) is 6. The van der Waals surface area contributed by atoms with Crippen molar-refractivity contribution in [3.05, 3.63) is 53.6 Å². The van der Waals surface area contributed by atoms with E-state index in [0.29, 0.717) is 43.1 Å². The third-order valence-electron chi connectivity index (χ3n) is 5.14. The molecule has 1 fully saturated rings. The first kappa shape index (κ1) is 22.6. The molecule has 3 rings (SSSR count). The Morgan fingerprint density at radius 3 is 2.39 bits per heavy atom. The van der Waals surface area contributed by atoms with Crippen molar-refractivity contribution in [1.82, 2.24) is 0 Å². The van der Waals surface area contributed by atoms with Crippen molar-refractivity contribution in [2.45, 2.75) is 33.3 Å². The van der Waals surface area contributed by atoms with Crippen LogP contribution in [0.4, 0.5) is 11.4 Å². The van der Waals surface area contributed by atoms with Gasteiger partial charge in [0, 0.05) is 18.7 Å². The van der Waals surface area contributed by atoms with Gasteiger partial charge < -0.3 is 24.4 Å². The molecule has 1 N–H and O–H groups in total. The third-order valence-corrected chi connectivity index (χ3v) is 5.14. The number of ether oxygens (including phenoxy) is 3. The van der Waals surface area contributed by atoms with E-state index >= 15 is 0 Å². The summed E-state index contributed by atoms with van der Waals surface area (Å²) in [6.45, 7) is 8.77. The van der Waals surface area contributed by atoms with Gasteiger partial charge in [0.15, 0.2) is 0 Å². The minimum Gasteiger partial charge on any atom is -0.491 e. The van der Waals surface area contributed by atoms with Crippen LogP contribution >= 0.6 is 0 Å². The Morgan fingerprint density at radius 2 is 1.74 bits per heavy atom. The standard InChI is InChI=1S/C24H30N2O5/c1-4-17(3)31-20-9-6-18(7-10-20)23(27)25-21-16-19(24(28)30-5-2)8-11-22(21)26-12-14-29-15-13-26/h6-11,16-17H,4-5,12-15H2,1-3H3,(H,25,27). The summed E-state index contributed by atoms with van der Waals surface area (Å²) in [7, 11) is 0. The molecule has 166 valence electrons. The number of esters is 1. The number of hydrogen-bond donors (Lipinski definition) is 1. The van der Waals surface area contributed by atoms with Crippen molar-refractivity contribution in [3.8, 4) is 5.75 Å². The molecule has 7 nitrogen and oxygen atoms in total. The molecule has 1 atom stereocenters. The molecule has 0 radical (unpaired) electrons. The van der Waals surface area contributed by atoms with Crippen molar-refractivity contribution in [2.24, 2.45) is 0 Å². The largest absolute Gasteiger partial charge is 0.491 e. The first-order chi connectivity index (χ1) is 15.0. The predicted molar refractivity (Wildman–Crippen MR) is 120 cm³/mol. The zero-order valence-corrected chi connectivity index (χ0v) is 18.3. The molecule has 0 spiro atoms. The summed E-state index contributed by atoms with van der Waals surface area (Å²) in [5, 5.41) is 2.96. The van der Waals surface area contributed by atoms with Crippen LogP contribution < -0.4 is 15.0 Å². The lowest BCUT2D eigenvalue weighted by molar-refractivity contribution is 0.0526. The van der Waals surface area contributed by atoms with Gasteiger partial charge in [-0.2, -0.15) is 0 Å². The highest BCUT2D eigenvalue weighted by atomic mass is 16.5. The molecule has 1 amide bonds. The van der Waals surface area contributed by atoms with Gasteiger partial charge in [0.1, 0.15) is 5.75 Å². The van der Waals surface area contributed by atoms with Gasteiger partial charge in [-0.05, 0) is 62.7 Å². The molecule has 0 bridgehead atoms. The fraction of sp³-hybridized carbons (Fsp3) is 0.417. The van der Waals surface area contributed by atoms with E-state index in [9.17, 15) is 9.59 Å². The Balaban J connectivity index is 1.82. The van der Waals surface area contributed by atoms with Gasteiger partial charge >= 0.3 is 5.97 Å². The lowest BCUT2D eigenvalue weighted by Gasteiger charge is -2.30. The summed E-state index contributed by atoms with van der Waals surface area (Å²) in [6.07, 6.45) is 1.02. The fourth-order valence-corrected chi connectivity index (χ4v) is 3.25. The summed E-state index contributed by atoms with van der Waals surface area (Å²) in [5.41, 5.74) is 2.32. The Morgan fingerprint density at radius 1 is 1.06 bits per heavy atom. The molecule has 0 aliphatic carbocycles. The molecule has 31 heavy (non-hydrogen) atoms. The lowest BCUT2D eigenvalue weighted by Crippen LogP contribution is -2.36. The second-order valence-electron chi connectivity index (χ2n) is 7.37. The van der Waals surface area contributed by atoms with Crippen LogP contribution in [-0.2, 0) is 9.47 Å². The minimum absolute atomic E-state index is 0.112. The van der Waals surface area contributed by atoms with E-state index in [1.165, 1.54) is 0 Å². The van der Waals surface area contributed by atoms with Gasteiger partial charge in [-0.25, -0.2) is 4.79 Å². The van der Waals surface area contributed by atoms with E-state index in [2.05, 4.69) is 17.1 Å². The highest BCUT2D eigenvalue weighted by molar-refractivity contribution is 6.07. The number of nitrogens with one attached hydrogen (secondary N) is 1. The monoisotopic (exact) mass is 426 g/mol. The summed E-state index contributed by atoms with van der Waals surface area (Å²) in [6, 6.07) is 12.3. The van der Waals surface area contributed by atoms with Gasteiger partial charge in [0.25, 0.3) is 5.91 Å². The smallest absolute Gasteiger partial charge is 0.338 e. The van der Waals surface area contributed by atoms with Gasteiger partial charge in [-0.3, -0.25) is 4.79 Å². The lowest BCUT2D eigenvalue weighted by atomic mass is 10.1. The Labute approximate surface area is 183 Å². The second-order valence-corrected chi connectivity index (χ2v) is 7.37. The molecule has 2 aromatic carbocycles. The van der Waals surface area contributed by atoms with Crippen molar-refractivity contribution in [2.75, 3.05) is 43.1 Å². The zero-order valence-electron chi connectivity index (χ0n) is 18.3. The van der Waals surface area contributed by atoms with Crippen LogP contribution in [0, 0.1) is 0 Å². The Kier molecular flexibility index (Phi) is 7.89. The van der Waals surface area contributed by atoms with E-state index in [-0.39, 0.29) is 18.6 Å². The summed E-state index contributed by atoms with van der Waals surface area (Å²) >= 11 is 0. The highest BCUT2D eigenvalue weighted by Crippen LogP contribution is 2.29. The van der Waals surface area contributed by atoms with Gasteiger partial charge in [-0.1, -0.05) is 6.92 Å². The summed E-state index contributed by atoms with van der Waals surface area (Å²) in [4.78, 5) is 27.3. The SMILES string of the molecule is CCOC(=O)c1ccc(N2CCOCC2)c(NC(=O)c2ccc(OC(C)CC)cc2)c1. The van der Waals surface area contributed by atoms with Crippen LogP contribution in [0.25, 0.3) is 0 Å². The summed E-state index contributed by atoms with van der Waals surface area (Å²) < 4.78 is 16.3. The molecule has 1 saturated heterocycles. The van der Waals surface area contributed by atoms with E-state index < -0.39 is 5.97 Å². The summed E-state index contributed by atoms with van der Waals surface area (Å²) in [5.74, 6) is 0.0490. The maximum Gasteiger partial charge on any atom is 0.338 e. The molecule has 0 saturated carbocycles. The van der Waals surface area contributed by atoms with Crippen LogP contribution in [0.5, 0.6) is 5.75 Å². The molecule has 1 heterocycles. The van der Waals surface area contributed by atoms with Crippen LogP contribution in [0.1, 0.15) is 47.9 Å². The number of benzene rings is 2. The van der Waals surface area contributed by atoms with Crippen molar-refractivity contribution in [1.29, 1.82) is 0 Å². The number of morpholine rings is 1. The quantitative estimate of drug-likeness (QED) is 0.640. The Hall–Kier alpha value is -3.06. The van der Waals surface area contributed by atoms with Crippen LogP contribution in [0.2, 0.25) is 0 Å². The number of anilines is 2. The number of rotatable bonds is 8. The highest BCUT2D eigenvalue weighted by Gasteiger charge is 2.19. The van der Waals surface area contributed by atoms with E-state index in [1.807, 2.05) is 13.0 Å². The molecular formula is C24H30N2O5. The third kappa shape index (κ3) is 5.98. The van der Waals surface area contributed by atoms with Crippen LogP contribution in [0.3, 0.4) is 0 Å². The minimum atomic E-state index is -0.418. The molecule has 7 heteroatoms. The molecule has 1 aliphatic rings. The van der Waals surface area contributed by atoms with Crippen LogP contribution in [0.15, 0.2) is 42.5 Å². The first-order valence-corrected chi connectivity index (χ1v) is 10.7. The topological polar surface area (TPSA) is 77.1 Å². The van der Waals surface area contributed by atoms with E-state index in [1.54, 1.807) is 43.3 Å². The molecular weight excluding hydrogens is 396 g/mol. The normalized spacial score (nSPS) is 14.6. The van der Waals surface area contributed by atoms with E-state index in [4.69, 9.17) is 14.2 Å². The molecule has 1 aliphatic heterocycles. The van der Waals surface area contributed by atoms with Crippen LogP contribution in [-0.4, -0.2) is 50.9 Å². The second kappa shape index (κ2) is 10.8. The van der Waals surface area contributed by atoms with Gasteiger partial charge in [0.2, 0.25) is 0 Å². The van der Waals surface area contributed by atoms with Gasteiger partial charge in [-0.15, -0.1) is 0 Å². The average Bonchev–Trinajstić information content (AvgIpc) is 2.80.